The summed E-state index contributed by atoms with van der Waals surface area (Å²) in [6.45, 7) is 5.53. The lowest BCUT2D eigenvalue weighted by Crippen LogP contribution is -2.06. The standard InChI is InChI=1S/C11H18N2O2/c1-4-5-13-6-10(7-14)11(12-13)9(2)8-15-3/h6-7,9H,4-5,8H2,1-3H3. The van der Waals surface area contributed by atoms with Crippen molar-refractivity contribution in [3.63, 3.8) is 0 Å². The molecule has 0 N–H and O–H groups in total. The minimum absolute atomic E-state index is 0.160. The van der Waals surface area contributed by atoms with Crippen LogP contribution in [0.5, 0.6) is 0 Å². The van der Waals surface area contributed by atoms with Crippen LogP contribution in [0.15, 0.2) is 6.20 Å². The third kappa shape index (κ3) is 2.89. The van der Waals surface area contributed by atoms with Gasteiger partial charge in [-0.3, -0.25) is 9.48 Å². The van der Waals surface area contributed by atoms with Crippen LogP contribution in [0.1, 0.15) is 42.2 Å². The molecule has 1 atom stereocenters. The Balaban J connectivity index is 2.89. The van der Waals surface area contributed by atoms with Gasteiger partial charge in [0, 0.05) is 25.8 Å². The lowest BCUT2D eigenvalue weighted by Gasteiger charge is -2.07. The monoisotopic (exact) mass is 210 g/mol. The number of aryl methyl sites for hydroxylation is 1. The van der Waals surface area contributed by atoms with Gasteiger partial charge in [0.2, 0.25) is 0 Å². The van der Waals surface area contributed by atoms with Crippen molar-refractivity contribution < 1.29 is 9.53 Å². The van der Waals surface area contributed by atoms with Crippen molar-refractivity contribution in [3.05, 3.63) is 17.5 Å². The van der Waals surface area contributed by atoms with Gasteiger partial charge in [-0.15, -0.1) is 0 Å². The number of methoxy groups -OCH3 is 1. The summed E-state index contributed by atoms with van der Waals surface area (Å²) in [5.74, 6) is 0.160. The molecule has 1 aromatic heterocycles. The van der Waals surface area contributed by atoms with Crippen LogP contribution in [0.2, 0.25) is 0 Å². The van der Waals surface area contributed by atoms with Crippen LogP contribution < -0.4 is 0 Å². The Bertz CT molecular complexity index is 320. The summed E-state index contributed by atoms with van der Waals surface area (Å²) >= 11 is 0. The summed E-state index contributed by atoms with van der Waals surface area (Å²) in [5, 5.41) is 4.39. The van der Waals surface area contributed by atoms with Crippen molar-refractivity contribution >= 4 is 6.29 Å². The van der Waals surface area contributed by atoms with Crippen LogP contribution in [0.3, 0.4) is 0 Å². The molecule has 0 amide bonds. The van der Waals surface area contributed by atoms with E-state index in [4.69, 9.17) is 4.74 Å². The van der Waals surface area contributed by atoms with E-state index in [0.717, 1.165) is 24.9 Å². The molecule has 1 rings (SSSR count). The number of carbonyl (C=O) groups excluding carboxylic acids is 1. The van der Waals surface area contributed by atoms with Crippen LogP contribution in [0.25, 0.3) is 0 Å². The second kappa shape index (κ2) is 5.66. The topological polar surface area (TPSA) is 44.1 Å². The smallest absolute Gasteiger partial charge is 0.153 e. The molecule has 0 saturated heterocycles. The van der Waals surface area contributed by atoms with E-state index in [-0.39, 0.29) is 5.92 Å². The largest absolute Gasteiger partial charge is 0.384 e. The van der Waals surface area contributed by atoms with E-state index in [1.165, 1.54) is 0 Å². The van der Waals surface area contributed by atoms with Gasteiger partial charge in [-0.25, -0.2) is 0 Å². The van der Waals surface area contributed by atoms with Gasteiger partial charge in [0.25, 0.3) is 0 Å². The minimum atomic E-state index is 0.160. The molecule has 0 radical (unpaired) electrons. The van der Waals surface area contributed by atoms with Gasteiger partial charge in [-0.2, -0.15) is 5.10 Å². The number of aldehydes is 1. The molecule has 0 aliphatic rings. The fourth-order valence-electron chi connectivity index (χ4n) is 1.60. The third-order valence-corrected chi connectivity index (χ3v) is 2.28. The lowest BCUT2D eigenvalue weighted by molar-refractivity contribution is 0.112. The Kier molecular flexibility index (Phi) is 4.49. The number of rotatable bonds is 6. The molecule has 0 aliphatic carbocycles. The highest BCUT2D eigenvalue weighted by molar-refractivity contribution is 5.76. The maximum absolute atomic E-state index is 10.9. The zero-order valence-electron chi connectivity index (χ0n) is 9.56. The molecule has 15 heavy (non-hydrogen) atoms. The molecule has 0 aliphatic heterocycles. The average molecular weight is 210 g/mol. The number of hydrogen-bond acceptors (Lipinski definition) is 3. The molecule has 4 heteroatoms. The second-order valence-corrected chi connectivity index (χ2v) is 3.71. The molecule has 0 spiro atoms. The first kappa shape index (κ1) is 11.9. The van der Waals surface area contributed by atoms with Crippen LogP contribution in [0, 0.1) is 0 Å². The normalized spacial score (nSPS) is 12.7. The molecule has 1 heterocycles. The maximum Gasteiger partial charge on any atom is 0.153 e. The first-order valence-corrected chi connectivity index (χ1v) is 5.24. The summed E-state index contributed by atoms with van der Waals surface area (Å²) < 4.78 is 6.89. The average Bonchev–Trinajstić information content (AvgIpc) is 2.62. The molecule has 0 fully saturated rings. The Morgan fingerprint density at radius 2 is 2.40 bits per heavy atom. The number of nitrogens with zero attached hydrogens (tertiary/aromatic N) is 2. The van der Waals surface area contributed by atoms with Gasteiger partial charge in [0.05, 0.1) is 17.9 Å². The fourth-order valence-corrected chi connectivity index (χ4v) is 1.60. The third-order valence-electron chi connectivity index (χ3n) is 2.28. The Morgan fingerprint density at radius 1 is 1.67 bits per heavy atom. The summed E-state index contributed by atoms with van der Waals surface area (Å²) in [6, 6.07) is 0. The van der Waals surface area contributed by atoms with Crippen molar-refractivity contribution in [2.45, 2.75) is 32.7 Å². The molecule has 84 valence electrons. The maximum atomic E-state index is 10.9. The van der Waals surface area contributed by atoms with E-state index in [1.54, 1.807) is 13.3 Å². The Morgan fingerprint density at radius 3 is 2.93 bits per heavy atom. The van der Waals surface area contributed by atoms with Gasteiger partial charge in [-0.05, 0) is 6.42 Å². The summed E-state index contributed by atoms with van der Waals surface area (Å²) in [4.78, 5) is 10.9. The van der Waals surface area contributed by atoms with Crippen molar-refractivity contribution in [2.24, 2.45) is 0 Å². The van der Waals surface area contributed by atoms with Crippen LogP contribution in [0.4, 0.5) is 0 Å². The molecule has 1 unspecified atom stereocenters. The van der Waals surface area contributed by atoms with E-state index >= 15 is 0 Å². The van der Waals surface area contributed by atoms with Gasteiger partial charge in [0.1, 0.15) is 0 Å². The second-order valence-electron chi connectivity index (χ2n) is 3.71. The zero-order chi connectivity index (χ0) is 11.3. The number of ether oxygens (including phenoxy) is 1. The van der Waals surface area contributed by atoms with Gasteiger partial charge < -0.3 is 4.74 Å². The molecule has 4 nitrogen and oxygen atoms in total. The van der Waals surface area contributed by atoms with E-state index in [9.17, 15) is 4.79 Å². The van der Waals surface area contributed by atoms with Crippen LogP contribution in [-0.4, -0.2) is 29.8 Å². The van der Waals surface area contributed by atoms with E-state index in [0.29, 0.717) is 12.2 Å². The van der Waals surface area contributed by atoms with Gasteiger partial charge >= 0.3 is 0 Å². The van der Waals surface area contributed by atoms with Crippen molar-refractivity contribution in [1.29, 1.82) is 0 Å². The first-order valence-electron chi connectivity index (χ1n) is 5.24. The highest BCUT2D eigenvalue weighted by Crippen LogP contribution is 2.17. The molecular formula is C11H18N2O2. The van der Waals surface area contributed by atoms with Gasteiger partial charge in [-0.1, -0.05) is 13.8 Å². The fraction of sp³-hybridized carbons (Fsp3) is 0.636. The molecule has 1 aromatic rings. The van der Waals surface area contributed by atoms with Gasteiger partial charge in [0.15, 0.2) is 6.29 Å². The van der Waals surface area contributed by atoms with E-state index in [1.807, 2.05) is 11.6 Å². The molecule has 0 saturated carbocycles. The number of aromatic nitrogens is 2. The van der Waals surface area contributed by atoms with Crippen molar-refractivity contribution in [1.82, 2.24) is 9.78 Å². The van der Waals surface area contributed by atoms with E-state index < -0.39 is 0 Å². The minimum Gasteiger partial charge on any atom is -0.384 e. The number of hydrogen-bond donors (Lipinski definition) is 0. The SMILES string of the molecule is CCCn1cc(C=O)c(C(C)COC)n1. The Hall–Kier alpha value is -1.16. The first-order chi connectivity index (χ1) is 7.22. The molecule has 0 bridgehead atoms. The molecule has 0 aromatic carbocycles. The highest BCUT2D eigenvalue weighted by Gasteiger charge is 2.14. The van der Waals surface area contributed by atoms with Crippen LogP contribution >= 0.6 is 0 Å². The highest BCUT2D eigenvalue weighted by atomic mass is 16.5. The summed E-state index contributed by atoms with van der Waals surface area (Å²) in [5.41, 5.74) is 1.51. The van der Waals surface area contributed by atoms with Crippen LogP contribution in [-0.2, 0) is 11.3 Å². The van der Waals surface area contributed by atoms with Crippen molar-refractivity contribution in [3.8, 4) is 0 Å². The summed E-state index contributed by atoms with van der Waals surface area (Å²) in [7, 11) is 1.65. The predicted octanol–water partition coefficient (Wildman–Crippen LogP) is 1.86. The quantitative estimate of drug-likeness (QED) is 0.673. The molecular weight excluding hydrogens is 192 g/mol. The predicted molar refractivity (Wildman–Crippen MR) is 58.2 cm³/mol. The summed E-state index contributed by atoms with van der Waals surface area (Å²) in [6.07, 6.45) is 3.68. The van der Waals surface area contributed by atoms with Crippen molar-refractivity contribution in [2.75, 3.05) is 13.7 Å². The number of carbonyl (C=O) groups is 1. The van der Waals surface area contributed by atoms with E-state index in [2.05, 4.69) is 12.0 Å². The lowest BCUT2D eigenvalue weighted by atomic mass is 10.1. The zero-order valence-corrected chi connectivity index (χ0v) is 9.56. The Labute approximate surface area is 90.2 Å².